The molecular formula is C15H17F2NO3. The molecule has 0 heterocycles. The van der Waals surface area contributed by atoms with Gasteiger partial charge in [-0.2, -0.15) is 0 Å². The summed E-state index contributed by atoms with van der Waals surface area (Å²) in [6.45, 7) is -0.426. The van der Waals surface area contributed by atoms with Crippen LogP contribution in [0.3, 0.4) is 0 Å². The van der Waals surface area contributed by atoms with Crippen molar-refractivity contribution in [3.63, 3.8) is 0 Å². The molecule has 0 unspecified atom stereocenters. The maximum atomic E-state index is 13.0. The van der Waals surface area contributed by atoms with Crippen LogP contribution < -0.4 is 5.32 Å². The lowest BCUT2D eigenvalue weighted by molar-refractivity contribution is -0.148. The summed E-state index contributed by atoms with van der Waals surface area (Å²) in [5.74, 6) is -2.67. The monoisotopic (exact) mass is 297 g/mol. The lowest BCUT2D eigenvalue weighted by Crippen LogP contribution is -2.21. The topological polar surface area (TPSA) is 55.4 Å². The summed E-state index contributed by atoms with van der Waals surface area (Å²) in [6, 6.07) is 3.02. The van der Waals surface area contributed by atoms with Crippen LogP contribution in [0.2, 0.25) is 0 Å². The van der Waals surface area contributed by atoms with E-state index in [9.17, 15) is 18.4 Å². The highest BCUT2D eigenvalue weighted by atomic mass is 19.2. The maximum absolute atomic E-state index is 13.0. The predicted molar refractivity (Wildman–Crippen MR) is 72.5 cm³/mol. The fourth-order valence-electron chi connectivity index (χ4n) is 2.43. The molecule has 0 spiro atoms. The minimum absolute atomic E-state index is 0.116. The van der Waals surface area contributed by atoms with E-state index in [1.807, 2.05) is 0 Å². The lowest BCUT2D eigenvalue weighted by Gasteiger charge is -2.09. The molecule has 1 fully saturated rings. The molecule has 1 aromatic carbocycles. The summed E-state index contributed by atoms with van der Waals surface area (Å²) in [4.78, 5) is 23.1. The molecular weight excluding hydrogens is 280 g/mol. The Morgan fingerprint density at radius 2 is 1.90 bits per heavy atom. The minimum Gasteiger partial charge on any atom is -0.456 e. The van der Waals surface area contributed by atoms with E-state index in [4.69, 9.17) is 4.74 Å². The van der Waals surface area contributed by atoms with Crippen molar-refractivity contribution in [3.8, 4) is 0 Å². The number of carbonyl (C=O) groups excluding carboxylic acids is 2. The average Bonchev–Trinajstić information content (AvgIpc) is 2.93. The Morgan fingerprint density at radius 1 is 1.19 bits per heavy atom. The Kier molecular flexibility index (Phi) is 5.25. The third-order valence-electron chi connectivity index (χ3n) is 3.50. The van der Waals surface area contributed by atoms with Gasteiger partial charge in [-0.25, -0.2) is 8.78 Å². The molecule has 1 aliphatic carbocycles. The van der Waals surface area contributed by atoms with E-state index in [1.54, 1.807) is 0 Å². The largest absolute Gasteiger partial charge is 0.456 e. The van der Waals surface area contributed by atoms with Gasteiger partial charge in [0.05, 0.1) is 0 Å². The summed E-state index contributed by atoms with van der Waals surface area (Å²) in [6.07, 6.45) is 4.65. The first kappa shape index (κ1) is 15.4. The van der Waals surface area contributed by atoms with E-state index >= 15 is 0 Å². The summed E-state index contributed by atoms with van der Waals surface area (Å²) in [7, 11) is 0. The average molecular weight is 297 g/mol. The second-order valence-electron chi connectivity index (χ2n) is 5.19. The van der Waals surface area contributed by atoms with E-state index in [0.717, 1.165) is 37.8 Å². The number of nitrogens with one attached hydrogen (secondary N) is 1. The maximum Gasteiger partial charge on any atom is 0.306 e. The van der Waals surface area contributed by atoms with Crippen LogP contribution in [0.1, 0.15) is 32.1 Å². The number of hydrogen-bond acceptors (Lipinski definition) is 3. The fourth-order valence-corrected chi connectivity index (χ4v) is 2.43. The molecule has 1 aromatic rings. The number of benzene rings is 1. The smallest absolute Gasteiger partial charge is 0.306 e. The Balaban J connectivity index is 1.73. The molecule has 1 aliphatic rings. The van der Waals surface area contributed by atoms with Crippen molar-refractivity contribution in [2.45, 2.75) is 32.1 Å². The van der Waals surface area contributed by atoms with Crippen molar-refractivity contribution >= 4 is 17.6 Å². The molecule has 0 saturated heterocycles. The summed E-state index contributed by atoms with van der Waals surface area (Å²) >= 11 is 0. The number of rotatable bonds is 5. The third-order valence-corrected chi connectivity index (χ3v) is 3.50. The Bertz CT molecular complexity index is 528. The minimum atomic E-state index is -1.05. The molecule has 0 radical (unpaired) electrons. The zero-order valence-electron chi connectivity index (χ0n) is 11.5. The number of anilines is 1. The second kappa shape index (κ2) is 7.15. The summed E-state index contributed by atoms with van der Waals surface area (Å²) < 4.78 is 30.6. The van der Waals surface area contributed by atoms with E-state index in [-0.39, 0.29) is 5.69 Å². The number of ether oxygens (including phenoxy) is 1. The predicted octanol–water partition coefficient (Wildman–Crippen LogP) is 3.03. The van der Waals surface area contributed by atoms with Crippen LogP contribution in [0, 0.1) is 17.6 Å². The molecule has 21 heavy (non-hydrogen) atoms. The number of esters is 1. The first-order valence-corrected chi connectivity index (χ1v) is 6.95. The van der Waals surface area contributed by atoms with Gasteiger partial charge in [-0.1, -0.05) is 12.8 Å². The number of carbonyl (C=O) groups is 2. The Morgan fingerprint density at radius 3 is 2.57 bits per heavy atom. The van der Waals surface area contributed by atoms with E-state index in [0.29, 0.717) is 12.3 Å². The van der Waals surface area contributed by atoms with Crippen molar-refractivity contribution in [2.75, 3.05) is 11.9 Å². The van der Waals surface area contributed by atoms with Gasteiger partial charge in [-0.05, 0) is 30.9 Å². The van der Waals surface area contributed by atoms with Crippen LogP contribution in [-0.4, -0.2) is 18.5 Å². The quantitative estimate of drug-likeness (QED) is 0.850. The van der Waals surface area contributed by atoms with Crippen molar-refractivity contribution in [1.82, 2.24) is 0 Å². The van der Waals surface area contributed by atoms with Crippen LogP contribution in [0.4, 0.5) is 14.5 Å². The molecule has 1 N–H and O–H groups in total. The van der Waals surface area contributed by atoms with Crippen molar-refractivity contribution in [1.29, 1.82) is 0 Å². The van der Waals surface area contributed by atoms with Crippen LogP contribution >= 0.6 is 0 Å². The van der Waals surface area contributed by atoms with Gasteiger partial charge < -0.3 is 10.1 Å². The first-order valence-electron chi connectivity index (χ1n) is 6.95. The highest BCUT2D eigenvalue weighted by Gasteiger charge is 2.19. The van der Waals surface area contributed by atoms with Gasteiger partial charge in [0.1, 0.15) is 0 Å². The van der Waals surface area contributed by atoms with Gasteiger partial charge in [-0.3, -0.25) is 9.59 Å². The third kappa shape index (κ3) is 4.81. The van der Waals surface area contributed by atoms with Gasteiger partial charge in [0.25, 0.3) is 5.91 Å². The molecule has 114 valence electrons. The van der Waals surface area contributed by atoms with Crippen LogP contribution in [0.15, 0.2) is 18.2 Å². The SMILES string of the molecule is O=C(COC(=O)CC1CCCC1)Nc1ccc(F)c(F)c1. The molecule has 1 saturated carbocycles. The molecule has 6 heteroatoms. The number of halogens is 2. The fraction of sp³-hybridized carbons (Fsp3) is 0.467. The first-order chi connectivity index (χ1) is 10.0. The van der Waals surface area contributed by atoms with Crippen LogP contribution in [0.25, 0.3) is 0 Å². The zero-order chi connectivity index (χ0) is 15.2. The molecule has 0 aliphatic heterocycles. The van der Waals surface area contributed by atoms with E-state index in [2.05, 4.69) is 5.32 Å². The van der Waals surface area contributed by atoms with Crippen LogP contribution in [0.5, 0.6) is 0 Å². The molecule has 0 aromatic heterocycles. The van der Waals surface area contributed by atoms with Gasteiger partial charge in [0.2, 0.25) is 0 Å². The second-order valence-corrected chi connectivity index (χ2v) is 5.19. The van der Waals surface area contributed by atoms with Crippen LogP contribution in [-0.2, 0) is 14.3 Å². The molecule has 4 nitrogen and oxygen atoms in total. The van der Waals surface area contributed by atoms with Gasteiger partial charge in [0, 0.05) is 18.2 Å². The van der Waals surface area contributed by atoms with Gasteiger partial charge in [-0.15, -0.1) is 0 Å². The molecule has 0 atom stereocenters. The summed E-state index contributed by atoms with van der Waals surface area (Å²) in [5.41, 5.74) is 0.116. The highest BCUT2D eigenvalue weighted by molar-refractivity contribution is 5.92. The summed E-state index contributed by atoms with van der Waals surface area (Å²) in [5, 5.41) is 2.34. The molecule has 0 bridgehead atoms. The zero-order valence-corrected chi connectivity index (χ0v) is 11.5. The van der Waals surface area contributed by atoms with Crippen molar-refractivity contribution < 1.29 is 23.1 Å². The number of hydrogen-bond donors (Lipinski definition) is 1. The Labute approximate surface area is 121 Å². The van der Waals surface area contributed by atoms with Crippen molar-refractivity contribution in [2.24, 2.45) is 5.92 Å². The number of amides is 1. The normalized spacial score (nSPS) is 15.0. The van der Waals surface area contributed by atoms with E-state index < -0.39 is 30.1 Å². The Hall–Kier alpha value is -1.98. The molecule has 2 rings (SSSR count). The highest BCUT2D eigenvalue weighted by Crippen LogP contribution is 2.27. The standard InChI is InChI=1S/C15H17F2NO3/c16-12-6-5-11(8-13(12)17)18-14(19)9-21-15(20)7-10-3-1-2-4-10/h5-6,8,10H,1-4,7,9H2,(H,18,19). The van der Waals surface area contributed by atoms with Gasteiger partial charge >= 0.3 is 5.97 Å². The van der Waals surface area contributed by atoms with Crippen molar-refractivity contribution in [3.05, 3.63) is 29.8 Å². The van der Waals surface area contributed by atoms with Gasteiger partial charge in [0.15, 0.2) is 18.2 Å². The van der Waals surface area contributed by atoms with E-state index in [1.165, 1.54) is 6.07 Å². The lowest BCUT2D eigenvalue weighted by atomic mass is 10.1. The molecule has 1 amide bonds.